The molecule has 0 aliphatic rings. The van der Waals surface area contributed by atoms with Crippen molar-refractivity contribution in [1.29, 1.82) is 0 Å². The molecule has 0 bridgehead atoms. The quantitative estimate of drug-likeness (QED) is 0.336. The summed E-state index contributed by atoms with van der Waals surface area (Å²) in [5, 5.41) is 20.9. The third-order valence-corrected chi connectivity index (χ3v) is 6.35. The molecule has 3 aromatic rings. The monoisotopic (exact) mass is 482 g/mol. The van der Waals surface area contributed by atoms with Crippen LogP contribution in [0.25, 0.3) is 0 Å². The highest BCUT2D eigenvalue weighted by Gasteiger charge is 2.25. The van der Waals surface area contributed by atoms with Gasteiger partial charge in [-0.2, -0.15) is 0 Å². The van der Waals surface area contributed by atoms with Gasteiger partial charge in [-0.1, -0.05) is 66.2 Å². The number of benzene rings is 3. The standard InChI is InChI=1S/C28H31ClO5/c1-33-25-17-23(24(29)18-26(25)34-2)28(32)22(10-6-9-19-7-4-3-5-8-19)15-20-11-13-21(14-12-20)16-27(30)31/h3-5,7-8,11-14,17-18,22,28,32H,6,9-10,15-16H2,1-2H3,(H,30,31)/t22-,28-/m0/s1. The predicted octanol–water partition coefficient (Wildman–Crippen LogP) is 5.90. The summed E-state index contributed by atoms with van der Waals surface area (Å²) in [5.41, 5.74) is 3.65. The van der Waals surface area contributed by atoms with Gasteiger partial charge in [0.25, 0.3) is 0 Å². The Balaban J connectivity index is 1.82. The van der Waals surface area contributed by atoms with E-state index >= 15 is 0 Å². The van der Waals surface area contributed by atoms with Gasteiger partial charge in [0.1, 0.15) is 0 Å². The van der Waals surface area contributed by atoms with E-state index in [-0.39, 0.29) is 12.3 Å². The Morgan fingerprint density at radius 3 is 2.15 bits per heavy atom. The summed E-state index contributed by atoms with van der Waals surface area (Å²) in [4.78, 5) is 11.0. The van der Waals surface area contributed by atoms with E-state index in [0.29, 0.717) is 28.5 Å². The van der Waals surface area contributed by atoms with E-state index in [9.17, 15) is 9.90 Å². The van der Waals surface area contributed by atoms with Crippen LogP contribution in [-0.4, -0.2) is 30.4 Å². The van der Waals surface area contributed by atoms with Crippen LogP contribution in [0.1, 0.15) is 41.2 Å². The minimum atomic E-state index is -0.856. The molecule has 5 nitrogen and oxygen atoms in total. The third-order valence-electron chi connectivity index (χ3n) is 6.03. The highest BCUT2D eigenvalue weighted by atomic mass is 35.5. The molecule has 180 valence electrons. The van der Waals surface area contributed by atoms with Crippen molar-refractivity contribution in [3.63, 3.8) is 0 Å². The number of aliphatic hydroxyl groups is 1. The van der Waals surface area contributed by atoms with E-state index in [1.54, 1.807) is 26.4 Å². The van der Waals surface area contributed by atoms with E-state index in [4.69, 9.17) is 26.2 Å². The second-order valence-corrected chi connectivity index (χ2v) is 8.81. The molecule has 0 unspecified atom stereocenters. The van der Waals surface area contributed by atoms with Crippen molar-refractivity contribution in [1.82, 2.24) is 0 Å². The highest BCUT2D eigenvalue weighted by Crippen LogP contribution is 2.39. The van der Waals surface area contributed by atoms with E-state index in [1.165, 1.54) is 5.56 Å². The van der Waals surface area contributed by atoms with Gasteiger partial charge in [0.05, 0.1) is 31.8 Å². The number of hydrogen-bond acceptors (Lipinski definition) is 4. The molecule has 34 heavy (non-hydrogen) atoms. The van der Waals surface area contributed by atoms with Gasteiger partial charge < -0.3 is 19.7 Å². The lowest BCUT2D eigenvalue weighted by Gasteiger charge is -2.25. The summed E-state index contributed by atoms with van der Waals surface area (Å²) < 4.78 is 10.7. The SMILES string of the molecule is COc1cc(Cl)c([C@@H](O)[C@@H](CCCc2ccccc2)Cc2ccc(CC(=O)O)cc2)cc1OC. The summed E-state index contributed by atoms with van der Waals surface area (Å²) in [6, 6.07) is 21.2. The van der Waals surface area contributed by atoms with Crippen LogP contribution in [0.5, 0.6) is 11.5 Å². The Kier molecular flexibility index (Phi) is 9.37. The molecular weight excluding hydrogens is 452 g/mol. The van der Waals surface area contributed by atoms with E-state index in [1.807, 2.05) is 42.5 Å². The predicted molar refractivity (Wildman–Crippen MR) is 134 cm³/mol. The molecule has 0 aliphatic heterocycles. The topological polar surface area (TPSA) is 76.0 Å². The van der Waals surface area contributed by atoms with E-state index in [0.717, 1.165) is 30.4 Å². The average molecular weight is 483 g/mol. The second kappa shape index (κ2) is 12.4. The van der Waals surface area contributed by atoms with E-state index in [2.05, 4.69) is 12.1 Å². The van der Waals surface area contributed by atoms with Crippen molar-refractivity contribution in [2.75, 3.05) is 14.2 Å². The van der Waals surface area contributed by atoms with Gasteiger partial charge in [0.15, 0.2) is 11.5 Å². The van der Waals surface area contributed by atoms with Crippen molar-refractivity contribution in [2.24, 2.45) is 5.92 Å². The Bertz CT molecular complexity index is 1070. The van der Waals surface area contributed by atoms with Crippen molar-refractivity contribution in [3.05, 3.63) is 94.0 Å². The van der Waals surface area contributed by atoms with Gasteiger partial charge in [-0.3, -0.25) is 4.79 Å². The molecule has 0 heterocycles. The minimum absolute atomic E-state index is 0.00927. The number of halogens is 1. The fourth-order valence-electron chi connectivity index (χ4n) is 4.21. The van der Waals surface area contributed by atoms with Crippen LogP contribution in [0.4, 0.5) is 0 Å². The Morgan fingerprint density at radius 1 is 0.912 bits per heavy atom. The Hall–Kier alpha value is -3.02. The second-order valence-electron chi connectivity index (χ2n) is 8.40. The molecule has 3 rings (SSSR count). The Labute approximate surface area is 205 Å². The first-order valence-corrected chi connectivity index (χ1v) is 11.7. The number of carbonyl (C=O) groups is 1. The lowest BCUT2D eigenvalue weighted by atomic mass is 9.85. The van der Waals surface area contributed by atoms with Gasteiger partial charge in [0.2, 0.25) is 0 Å². The lowest BCUT2D eigenvalue weighted by molar-refractivity contribution is -0.136. The van der Waals surface area contributed by atoms with Gasteiger partial charge in [-0.15, -0.1) is 0 Å². The maximum absolute atomic E-state index is 11.4. The summed E-state index contributed by atoms with van der Waals surface area (Å²) in [7, 11) is 3.10. The largest absolute Gasteiger partial charge is 0.493 e. The van der Waals surface area contributed by atoms with Crippen molar-refractivity contribution in [2.45, 2.75) is 38.2 Å². The molecule has 0 amide bonds. The smallest absolute Gasteiger partial charge is 0.307 e. The number of carboxylic acids is 1. The molecule has 0 fully saturated rings. The number of carboxylic acid groups (broad SMARTS) is 1. The van der Waals surface area contributed by atoms with Crippen LogP contribution in [0.3, 0.4) is 0 Å². The number of hydrogen-bond donors (Lipinski definition) is 2. The summed E-state index contributed by atoms with van der Waals surface area (Å²) >= 11 is 6.53. The van der Waals surface area contributed by atoms with E-state index < -0.39 is 12.1 Å². The normalized spacial score (nSPS) is 12.7. The van der Waals surface area contributed by atoms with Crippen LogP contribution in [0.2, 0.25) is 5.02 Å². The maximum Gasteiger partial charge on any atom is 0.307 e. The third kappa shape index (κ3) is 6.99. The molecule has 0 saturated heterocycles. The fourth-order valence-corrected chi connectivity index (χ4v) is 4.47. The van der Waals surface area contributed by atoms with Gasteiger partial charge in [-0.25, -0.2) is 0 Å². The molecule has 0 spiro atoms. The number of methoxy groups -OCH3 is 2. The minimum Gasteiger partial charge on any atom is -0.493 e. The zero-order valence-electron chi connectivity index (χ0n) is 19.5. The Morgan fingerprint density at radius 2 is 1.53 bits per heavy atom. The van der Waals surface area contributed by atoms with Crippen molar-refractivity contribution >= 4 is 17.6 Å². The number of aliphatic carboxylic acids is 1. The van der Waals surface area contributed by atoms with Crippen LogP contribution in [0, 0.1) is 5.92 Å². The van der Waals surface area contributed by atoms with Crippen LogP contribution in [-0.2, 0) is 24.1 Å². The number of ether oxygens (including phenoxy) is 2. The van der Waals surface area contributed by atoms with Crippen LogP contribution < -0.4 is 9.47 Å². The molecule has 0 aliphatic carbocycles. The first-order chi connectivity index (χ1) is 16.4. The number of aryl methyl sites for hydroxylation is 1. The van der Waals surface area contributed by atoms with Gasteiger partial charge in [-0.05, 0) is 54.4 Å². The summed E-state index contributed by atoms with van der Waals surface area (Å²) in [6.07, 6.45) is 2.44. The number of rotatable bonds is 12. The van der Waals surface area contributed by atoms with Crippen molar-refractivity contribution in [3.8, 4) is 11.5 Å². The van der Waals surface area contributed by atoms with Crippen molar-refractivity contribution < 1.29 is 24.5 Å². The number of aliphatic hydroxyl groups excluding tert-OH is 1. The fraction of sp³-hybridized carbons (Fsp3) is 0.321. The lowest BCUT2D eigenvalue weighted by Crippen LogP contribution is -2.17. The molecule has 3 aromatic carbocycles. The van der Waals surface area contributed by atoms with Crippen LogP contribution >= 0.6 is 11.6 Å². The van der Waals surface area contributed by atoms with Crippen LogP contribution in [0.15, 0.2) is 66.7 Å². The van der Waals surface area contributed by atoms with Gasteiger partial charge >= 0.3 is 5.97 Å². The highest BCUT2D eigenvalue weighted by molar-refractivity contribution is 6.31. The average Bonchev–Trinajstić information content (AvgIpc) is 2.84. The van der Waals surface area contributed by atoms with Gasteiger partial charge in [0, 0.05) is 11.6 Å². The molecule has 6 heteroatoms. The molecule has 0 radical (unpaired) electrons. The molecular formula is C28H31ClO5. The zero-order valence-corrected chi connectivity index (χ0v) is 20.3. The molecule has 0 saturated carbocycles. The molecule has 0 aromatic heterocycles. The molecule has 2 N–H and O–H groups in total. The zero-order chi connectivity index (χ0) is 24.5. The summed E-state index contributed by atoms with van der Waals surface area (Å²) in [5.74, 6) is 0.0785. The first kappa shape index (κ1) is 25.6. The maximum atomic E-state index is 11.4. The first-order valence-electron chi connectivity index (χ1n) is 11.3. The summed E-state index contributed by atoms with van der Waals surface area (Å²) in [6.45, 7) is 0. The molecule has 2 atom stereocenters.